The molecule has 2 aromatic carbocycles. The van der Waals surface area contributed by atoms with E-state index in [1.165, 1.54) is 4.90 Å². The summed E-state index contributed by atoms with van der Waals surface area (Å²) in [5.41, 5.74) is 1.40. The van der Waals surface area contributed by atoms with Gasteiger partial charge in [-0.2, -0.15) is 0 Å². The Morgan fingerprint density at radius 2 is 1.69 bits per heavy atom. The second-order valence-corrected chi connectivity index (χ2v) is 7.83. The Balaban J connectivity index is 1.52. The van der Waals surface area contributed by atoms with E-state index in [0.717, 1.165) is 23.3 Å². The van der Waals surface area contributed by atoms with E-state index < -0.39 is 34.5 Å². The van der Waals surface area contributed by atoms with E-state index in [0.29, 0.717) is 24.2 Å². The van der Waals surface area contributed by atoms with Crippen molar-refractivity contribution in [3.05, 3.63) is 64.0 Å². The fourth-order valence-electron chi connectivity index (χ4n) is 4.01. The van der Waals surface area contributed by atoms with Gasteiger partial charge in [0.25, 0.3) is 5.91 Å². The number of benzene rings is 2. The molecule has 0 saturated carbocycles. The molecule has 0 aliphatic carbocycles. The van der Waals surface area contributed by atoms with Gasteiger partial charge in [-0.05, 0) is 49.2 Å². The zero-order valence-corrected chi connectivity index (χ0v) is 16.2. The summed E-state index contributed by atoms with van der Waals surface area (Å²) in [5.74, 6) is -4.64. The highest BCUT2D eigenvalue weighted by Crippen LogP contribution is 2.40. The molecule has 4 nitrogen and oxygen atoms in total. The monoisotopic (exact) mass is 403 g/mol. The van der Waals surface area contributed by atoms with Crippen LogP contribution >= 0.6 is 0 Å². The highest BCUT2D eigenvalue weighted by Gasteiger charge is 2.44. The molecule has 0 N–H and O–H groups in total. The molecule has 1 saturated heterocycles. The quantitative estimate of drug-likeness (QED) is 0.665. The zero-order valence-electron chi connectivity index (χ0n) is 16.2. The number of halogens is 3. The minimum Gasteiger partial charge on any atom is -0.486 e. The molecule has 2 heterocycles. The van der Waals surface area contributed by atoms with Crippen LogP contribution in [0.3, 0.4) is 0 Å². The van der Waals surface area contributed by atoms with E-state index in [1.807, 2.05) is 26.0 Å². The number of carbonyl (C=O) groups excluding carboxylic acids is 2. The summed E-state index contributed by atoms with van der Waals surface area (Å²) in [5, 5.41) is 0. The molecule has 7 heteroatoms. The number of carbonyl (C=O) groups is 2. The molecule has 2 aliphatic heterocycles. The average Bonchev–Trinajstić information content (AvgIpc) is 2.68. The van der Waals surface area contributed by atoms with Gasteiger partial charge in [-0.1, -0.05) is 0 Å². The van der Waals surface area contributed by atoms with Crippen molar-refractivity contribution in [1.29, 1.82) is 0 Å². The first-order valence-electron chi connectivity index (χ1n) is 9.47. The third-order valence-electron chi connectivity index (χ3n) is 5.93. The Morgan fingerprint density at radius 1 is 1.03 bits per heavy atom. The second kappa shape index (κ2) is 6.90. The van der Waals surface area contributed by atoms with Crippen molar-refractivity contribution >= 4 is 11.7 Å². The third-order valence-corrected chi connectivity index (χ3v) is 5.93. The van der Waals surface area contributed by atoms with Crippen molar-refractivity contribution in [3.63, 3.8) is 0 Å². The van der Waals surface area contributed by atoms with E-state index in [9.17, 15) is 22.8 Å². The number of piperidine rings is 1. The van der Waals surface area contributed by atoms with Crippen LogP contribution in [0.2, 0.25) is 0 Å². The topological polar surface area (TPSA) is 46.6 Å². The van der Waals surface area contributed by atoms with Crippen LogP contribution in [0.15, 0.2) is 24.3 Å². The number of aryl methyl sites for hydroxylation is 2. The van der Waals surface area contributed by atoms with Crippen molar-refractivity contribution in [2.24, 2.45) is 0 Å². The fourth-order valence-corrected chi connectivity index (χ4v) is 4.01. The summed E-state index contributed by atoms with van der Waals surface area (Å²) in [6.07, 6.45) is 0.994. The van der Waals surface area contributed by atoms with Crippen LogP contribution in [0.25, 0.3) is 0 Å². The number of rotatable bonds is 1. The van der Waals surface area contributed by atoms with Crippen LogP contribution in [0, 0.1) is 31.3 Å². The second-order valence-electron chi connectivity index (χ2n) is 7.83. The molecule has 2 aliphatic rings. The first kappa shape index (κ1) is 19.5. The lowest BCUT2D eigenvalue weighted by molar-refractivity contribution is -0.00586. The molecule has 152 valence electrons. The zero-order chi connectivity index (χ0) is 20.9. The SMILES string of the molecule is Cc1cc2c(cc1C)C(=O)CC1(CCN(C(=O)c3ccc(F)c(F)c3F)CC1)O2. The van der Waals surface area contributed by atoms with E-state index in [1.54, 1.807) is 0 Å². The van der Waals surface area contributed by atoms with Crippen molar-refractivity contribution in [1.82, 2.24) is 4.90 Å². The number of amides is 1. The fraction of sp³-hybridized carbons (Fsp3) is 0.364. The number of hydrogen-bond donors (Lipinski definition) is 0. The lowest BCUT2D eigenvalue weighted by atomic mass is 9.81. The van der Waals surface area contributed by atoms with Crippen molar-refractivity contribution < 1.29 is 27.5 Å². The molecule has 0 aromatic heterocycles. The van der Waals surface area contributed by atoms with Crippen LogP contribution < -0.4 is 4.74 Å². The number of likely N-dealkylation sites (tertiary alicyclic amines) is 1. The minimum atomic E-state index is -1.66. The first-order valence-corrected chi connectivity index (χ1v) is 9.47. The Labute approximate surface area is 166 Å². The standard InChI is InChI=1S/C22H20F3NO3/c1-12-9-15-17(27)11-22(29-18(15)10-13(12)2)5-7-26(8-6-22)21(28)14-3-4-16(23)20(25)19(14)24/h3-4,9-10H,5-8,11H2,1-2H3. The summed E-state index contributed by atoms with van der Waals surface area (Å²) in [6.45, 7) is 4.34. The predicted octanol–water partition coefficient (Wildman–Crippen LogP) is 4.36. The van der Waals surface area contributed by atoms with Gasteiger partial charge in [0.2, 0.25) is 0 Å². The van der Waals surface area contributed by atoms with Crippen molar-refractivity contribution in [3.8, 4) is 5.75 Å². The maximum Gasteiger partial charge on any atom is 0.256 e. The molecule has 4 rings (SSSR count). The molecular formula is C22H20F3NO3. The maximum absolute atomic E-state index is 14.0. The minimum absolute atomic E-state index is 0.000719. The molecule has 1 spiro atoms. The molecule has 1 amide bonds. The van der Waals surface area contributed by atoms with Gasteiger partial charge in [-0.25, -0.2) is 13.2 Å². The Morgan fingerprint density at radius 3 is 2.38 bits per heavy atom. The normalized spacial score (nSPS) is 17.8. The van der Waals surface area contributed by atoms with Crippen molar-refractivity contribution in [2.75, 3.05) is 13.1 Å². The summed E-state index contributed by atoms with van der Waals surface area (Å²) < 4.78 is 46.8. The van der Waals surface area contributed by atoms with Gasteiger partial charge in [-0.3, -0.25) is 9.59 Å². The summed E-state index contributed by atoms with van der Waals surface area (Å²) in [4.78, 5) is 26.7. The maximum atomic E-state index is 14.0. The van der Waals surface area contributed by atoms with Gasteiger partial charge in [-0.15, -0.1) is 0 Å². The van der Waals surface area contributed by atoms with Crippen LogP contribution in [0.1, 0.15) is 51.1 Å². The van der Waals surface area contributed by atoms with Gasteiger partial charge >= 0.3 is 0 Å². The molecule has 29 heavy (non-hydrogen) atoms. The molecule has 2 aromatic rings. The summed E-state index contributed by atoms with van der Waals surface area (Å²) in [7, 11) is 0. The lowest BCUT2D eigenvalue weighted by Gasteiger charge is -2.44. The highest BCUT2D eigenvalue weighted by molar-refractivity contribution is 6.00. The van der Waals surface area contributed by atoms with Crippen LogP contribution in [0.4, 0.5) is 13.2 Å². The van der Waals surface area contributed by atoms with E-state index >= 15 is 0 Å². The molecule has 0 bridgehead atoms. The number of Topliss-reactive ketones (excluding diaryl/α,β-unsaturated/α-hetero) is 1. The van der Waals surface area contributed by atoms with Gasteiger partial charge < -0.3 is 9.64 Å². The number of ether oxygens (including phenoxy) is 1. The Hall–Kier alpha value is -2.83. The van der Waals surface area contributed by atoms with E-state index in [-0.39, 0.29) is 25.3 Å². The van der Waals surface area contributed by atoms with Crippen LogP contribution in [0.5, 0.6) is 5.75 Å². The highest BCUT2D eigenvalue weighted by atomic mass is 19.2. The predicted molar refractivity (Wildman–Crippen MR) is 99.7 cm³/mol. The number of ketones is 1. The lowest BCUT2D eigenvalue weighted by Crippen LogP contribution is -2.52. The Bertz CT molecular complexity index is 1030. The molecule has 1 fully saturated rings. The smallest absolute Gasteiger partial charge is 0.256 e. The van der Waals surface area contributed by atoms with E-state index in [2.05, 4.69) is 0 Å². The number of fused-ring (bicyclic) bond motifs is 1. The van der Waals surface area contributed by atoms with Crippen LogP contribution in [-0.2, 0) is 0 Å². The Kier molecular flexibility index (Phi) is 4.63. The average molecular weight is 403 g/mol. The van der Waals surface area contributed by atoms with Crippen LogP contribution in [-0.4, -0.2) is 35.3 Å². The van der Waals surface area contributed by atoms with E-state index in [4.69, 9.17) is 4.74 Å². The summed E-state index contributed by atoms with van der Waals surface area (Å²) >= 11 is 0. The number of hydrogen-bond acceptors (Lipinski definition) is 3. The van der Waals surface area contributed by atoms with Gasteiger partial charge in [0, 0.05) is 25.9 Å². The molecule has 0 radical (unpaired) electrons. The van der Waals surface area contributed by atoms with Gasteiger partial charge in [0.1, 0.15) is 11.4 Å². The first-order chi connectivity index (χ1) is 13.7. The molecule has 0 atom stereocenters. The molecular weight excluding hydrogens is 383 g/mol. The van der Waals surface area contributed by atoms with Gasteiger partial charge in [0.05, 0.1) is 17.5 Å². The molecule has 0 unspecified atom stereocenters. The van der Waals surface area contributed by atoms with Gasteiger partial charge in [0.15, 0.2) is 23.2 Å². The number of nitrogens with zero attached hydrogens (tertiary/aromatic N) is 1. The van der Waals surface area contributed by atoms with Crippen molar-refractivity contribution in [2.45, 2.75) is 38.7 Å². The largest absolute Gasteiger partial charge is 0.486 e. The third kappa shape index (κ3) is 3.28. The summed E-state index contributed by atoms with van der Waals surface area (Å²) in [6, 6.07) is 5.38.